The molecule has 1 aliphatic heterocycles. The van der Waals surface area contributed by atoms with Gasteiger partial charge in [0.2, 0.25) is 5.82 Å². The van der Waals surface area contributed by atoms with Crippen LogP contribution in [0.15, 0.2) is 30.5 Å². The van der Waals surface area contributed by atoms with E-state index in [1.165, 1.54) is 6.20 Å². The second-order valence-electron chi connectivity index (χ2n) is 5.75. The number of nitrogens with one attached hydrogen (secondary N) is 1. The van der Waals surface area contributed by atoms with Gasteiger partial charge >= 0.3 is 6.18 Å². The van der Waals surface area contributed by atoms with Gasteiger partial charge in [-0.1, -0.05) is 12.1 Å². The van der Waals surface area contributed by atoms with Crippen molar-refractivity contribution in [2.75, 3.05) is 20.2 Å². The van der Waals surface area contributed by atoms with Crippen molar-refractivity contribution in [1.82, 2.24) is 15.3 Å². The SMILES string of the molecule is COc1cccc(-c2cnc(C(F)(F)F)nc2C2CCNCC2)c1. The molecule has 0 amide bonds. The highest BCUT2D eigenvalue weighted by molar-refractivity contribution is 5.67. The van der Waals surface area contributed by atoms with E-state index < -0.39 is 12.0 Å². The fourth-order valence-electron chi connectivity index (χ4n) is 2.95. The molecule has 0 unspecified atom stereocenters. The van der Waals surface area contributed by atoms with Crippen LogP contribution in [0.4, 0.5) is 13.2 Å². The van der Waals surface area contributed by atoms with E-state index in [4.69, 9.17) is 4.74 Å². The van der Waals surface area contributed by atoms with Crippen molar-refractivity contribution < 1.29 is 17.9 Å². The average molecular weight is 337 g/mol. The Morgan fingerprint density at radius 3 is 2.62 bits per heavy atom. The minimum Gasteiger partial charge on any atom is -0.497 e. The number of hydrogen-bond acceptors (Lipinski definition) is 4. The standard InChI is InChI=1S/C17H18F3N3O/c1-24-13-4-2-3-12(9-13)14-10-22-16(17(18,19)20)23-15(14)11-5-7-21-8-6-11/h2-4,9-11,21H,5-8H2,1H3. The van der Waals surface area contributed by atoms with E-state index in [0.717, 1.165) is 31.5 Å². The predicted molar refractivity (Wildman–Crippen MR) is 83.9 cm³/mol. The average Bonchev–Trinajstić information content (AvgIpc) is 2.61. The lowest BCUT2D eigenvalue weighted by Gasteiger charge is -2.24. The van der Waals surface area contributed by atoms with E-state index in [9.17, 15) is 13.2 Å². The molecule has 1 fully saturated rings. The van der Waals surface area contributed by atoms with Crippen molar-refractivity contribution in [2.24, 2.45) is 0 Å². The summed E-state index contributed by atoms with van der Waals surface area (Å²) in [7, 11) is 1.55. The quantitative estimate of drug-likeness (QED) is 0.929. The maximum absolute atomic E-state index is 13.0. The van der Waals surface area contributed by atoms with Gasteiger partial charge in [0.05, 0.1) is 12.8 Å². The molecule has 0 saturated carbocycles. The van der Waals surface area contributed by atoms with E-state index in [1.807, 2.05) is 6.07 Å². The number of methoxy groups -OCH3 is 1. The largest absolute Gasteiger partial charge is 0.497 e. The summed E-state index contributed by atoms with van der Waals surface area (Å²) >= 11 is 0. The van der Waals surface area contributed by atoms with Gasteiger partial charge in [0.1, 0.15) is 5.75 Å². The maximum Gasteiger partial charge on any atom is 0.451 e. The lowest BCUT2D eigenvalue weighted by Crippen LogP contribution is -2.28. The third kappa shape index (κ3) is 3.51. The Morgan fingerprint density at radius 1 is 1.21 bits per heavy atom. The van der Waals surface area contributed by atoms with Gasteiger partial charge in [-0.3, -0.25) is 0 Å². The van der Waals surface area contributed by atoms with E-state index in [0.29, 0.717) is 17.0 Å². The third-order valence-electron chi connectivity index (χ3n) is 4.18. The zero-order chi connectivity index (χ0) is 17.2. The van der Waals surface area contributed by atoms with Crippen LogP contribution in [0, 0.1) is 0 Å². The summed E-state index contributed by atoms with van der Waals surface area (Å²) < 4.78 is 44.3. The van der Waals surface area contributed by atoms with Gasteiger partial charge in [0.25, 0.3) is 0 Å². The molecule has 0 radical (unpaired) electrons. The van der Waals surface area contributed by atoms with Crippen molar-refractivity contribution >= 4 is 0 Å². The van der Waals surface area contributed by atoms with Gasteiger partial charge in [0, 0.05) is 17.7 Å². The molecule has 1 aliphatic rings. The molecule has 0 atom stereocenters. The van der Waals surface area contributed by atoms with Crippen molar-refractivity contribution in [3.8, 4) is 16.9 Å². The predicted octanol–water partition coefficient (Wildman–Crippen LogP) is 3.64. The molecule has 0 spiro atoms. The monoisotopic (exact) mass is 337 g/mol. The van der Waals surface area contributed by atoms with E-state index in [2.05, 4.69) is 15.3 Å². The van der Waals surface area contributed by atoms with Crippen LogP contribution in [0.5, 0.6) is 5.75 Å². The molecule has 0 aliphatic carbocycles. The maximum atomic E-state index is 13.0. The number of alkyl halides is 3. The summed E-state index contributed by atoms with van der Waals surface area (Å²) in [4.78, 5) is 7.44. The van der Waals surface area contributed by atoms with Crippen LogP contribution in [0.25, 0.3) is 11.1 Å². The number of halogens is 3. The molecule has 4 nitrogen and oxygen atoms in total. The Morgan fingerprint density at radius 2 is 1.96 bits per heavy atom. The van der Waals surface area contributed by atoms with Crippen LogP contribution in [0.3, 0.4) is 0 Å². The minimum absolute atomic E-state index is 0.0171. The molecule has 0 bridgehead atoms. The number of hydrogen-bond donors (Lipinski definition) is 1. The number of aromatic nitrogens is 2. The Bertz CT molecular complexity index is 712. The molecule has 1 aromatic carbocycles. The first-order valence-corrected chi connectivity index (χ1v) is 7.78. The van der Waals surface area contributed by atoms with E-state index in [1.54, 1.807) is 25.3 Å². The molecule has 128 valence electrons. The highest BCUT2D eigenvalue weighted by Gasteiger charge is 2.36. The first-order chi connectivity index (χ1) is 11.5. The van der Waals surface area contributed by atoms with Crippen LogP contribution in [0.2, 0.25) is 0 Å². The Labute approximate surface area is 138 Å². The number of rotatable bonds is 3. The molecule has 2 heterocycles. The van der Waals surface area contributed by atoms with E-state index >= 15 is 0 Å². The summed E-state index contributed by atoms with van der Waals surface area (Å²) in [6, 6.07) is 7.21. The Hall–Kier alpha value is -2.15. The highest BCUT2D eigenvalue weighted by atomic mass is 19.4. The minimum atomic E-state index is -4.55. The lowest BCUT2D eigenvalue weighted by molar-refractivity contribution is -0.145. The number of ether oxygens (including phenoxy) is 1. The third-order valence-corrected chi connectivity index (χ3v) is 4.18. The van der Waals surface area contributed by atoms with Crippen LogP contribution in [-0.4, -0.2) is 30.2 Å². The Kier molecular flexibility index (Phi) is 4.71. The first-order valence-electron chi connectivity index (χ1n) is 7.78. The summed E-state index contributed by atoms with van der Waals surface area (Å²) in [5, 5.41) is 3.22. The lowest BCUT2D eigenvalue weighted by atomic mass is 9.89. The second-order valence-corrected chi connectivity index (χ2v) is 5.75. The smallest absolute Gasteiger partial charge is 0.451 e. The fraction of sp³-hybridized carbons (Fsp3) is 0.412. The summed E-state index contributed by atoms with van der Waals surface area (Å²) in [5.41, 5.74) is 1.86. The van der Waals surface area contributed by atoms with Gasteiger partial charge in [-0.15, -0.1) is 0 Å². The van der Waals surface area contributed by atoms with E-state index in [-0.39, 0.29) is 5.92 Å². The van der Waals surface area contributed by atoms with Crippen molar-refractivity contribution in [1.29, 1.82) is 0 Å². The molecule has 1 N–H and O–H groups in total. The van der Waals surface area contributed by atoms with Crippen molar-refractivity contribution in [3.05, 3.63) is 42.0 Å². The zero-order valence-corrected chi connectivity index (χ0v) is 13.2. The molecule has 24 heavy (non-hydrogen) atoms. The number of benzene rings is 1. The second kappa shape index (κ2) is 6.76. The summed E-state index contributed by atoms with van der Waals surface area (Å²) in [6.07, 6.45) is -1.76. The highest BCUT2D eigenvalue weighted by Crippen LogP contribution is 2.36. The van der Waals surface area contributed by atoms with Crippen LogP contribution in [0.1, 0.15) is 30.3 Å². The number of nitrogens with zero attached hydrogens (tertiary/aromatic N) is 2. The zero-order valence-electron chi connectivity index (χ0n) is 13.2. The topological polar surface area (TPSA) is 47.0 Å². The van der Waals surface area contributed by atoms with Crippen molar-refractivity contribution in [3.63, 3.8) is 0 Å². The first kappa shape index (κ1) is 16.7. The van der Waals surface area contributed by atoms with Crippen molar-refractivity contribution in [2.45, 2.75) is 24.9 Å². The van der Waals surface area contributed by atoms with Crippen LogP contribution in [-0.2, 0) is 6.18 Å². The van der Waals surface area contributed by atoms with Crippen LogP contribution < -0.4 is 10.1 Å². The normalized spacial score (nSPS) is 16.2. The molecule has 2 aromatic rings. The molecule has 1 saturated heterocycles. The molecule has 7 heteroatoms. The summed E-state index contributed by atoms with van der Waals surface area (Å²) in [5.74, 6) is -0.456. The van der Waals surface area contributed by atoms with Gasteiger partial charge < -0.3 is 10.1 Å². The van der Waals surface area contributed by atoms with Gasteiger partial charge in [0.15, 0.2) is 0 Å². The van der Waals surface area contributed by atoms with Gasteiger partial charge in [-0.2, -0.15) is 13.2 Å². The molecule has 1 aromatic heterocycles. The Balaban J connectivity index is 2.09. The summed E-state index contributed by atoms with van der Waals surface area (Å²) in [6.45, 7) is 1.54. The van der Waals surface area contributed by atoms with Gasteiger partial charge in [-0.25, -0.2) is 9.97 Å². The number of piperidine rings is 1. The molecular weight excluding hydrogens is 319 g/mol. The van der Waals surface area contributed by atoms with Crippen LogP contribution >= 0.6 is 0 Å². The van der Waals surface area contributed by atoms with Gasteiger partial charge in [-0.05, 0) is 43.6 Å². The fourth-order valence-corrected chi connectivity index (χ4v) is 2.95. The molecule has 3 rings (SSSR count). The molecular formula is C17H18F3N3O.